The Morgan fingerprint density at radius 2 is 2.24 bits per heavy atom. The summed E-state index contributed by atoms with van der Waals surface area (Å²) in [5, 5.41) is 5.93. The molecule has 0 saturated carbocycles. The van der Waals surface area contributed by atoms with Crippen molar-refractivity contribution in [1.29, 1.82) is 0 Å². The molecule has 1 unspecified atom stereocenters. The largest absolute Gasteiger partial charge is 0.366 e. The number of nitrogens with one attached hydrogen (secondary N) is 3. The Hall–Kier alpha value is -2.67. The van der Waals surface area contributed by atoms with Crippen LogP contribution in [0.3, 0.4) is 0 Å². The van der Waals surface area contributed by atoms with E-state index in [4.69, 9.17) is 5.73 Å². The number of carbonyl (C=O) groups is 2. The number of fused-ring (bicyclic) bond motifs is 1. The molecule has 1 aromatic heterocycles. The lowest BCUT2D eigenvalue weighted by atomic mass is 10.0. The third-order valence-corrected chi connectivity index (χ3v) is 3.46. The van der Waals surface area contributed by atoms with Gasteiger partial charge in [0.25, 0.3) is 0 Å². The Balaban J connectivity index is 1.70. The maximum absolute atomic E-state index is 12.3. The zero-order valence-corrected chi connectivity index (χ0v) is 11.2. The molecule has 1 aliphatic rings. The molecule has 1 atom stereocenters. The van der Waals surface area contributed by atoms with Crippen molar-refractivity contribution in [2.24, 2.45) is 5.73 Å². The van der Waals surface area contributed by atoms with Gasteiger partial charge in [0.05, 0.1) is 23.8 Å². The molecule has 0 fully saturated rings. The second-order valence-corrected chi connectivity index (χ2v) is 4.90. The fourth-order valence-electron chi connectivity index (χ4n) is 2.33. The number of carbonyl (C=O) groups excluding carboxylic acids is 2. The zero-order chi connectivity index (χ0) is 14.8. The number of hydrogen-bond acceptors (Lipinski definition) is 4. The van der Waals surface area contributed by atoms with Crippen molar-refractivity contribution in [3.8, 4) is 0 Å². The Morgan fingerprint density at radius 1 is 1.38 bits per heavy atom. The molecule has 0 bridgehead atoms. The third-order valence-electron chi connectivity index (χ3n) is 3.46. The standard InChI is InChI=1S/C14H15N5O2/c15-13(20)8-2-1-3-9(4-8)19-14(21)11-5-10-12(6-16-11)18-7-17-10/h1-4,7,11,16H,5-6H2,(H2,15,20)(H,17,18)(H,19,21). The number of nitrogens with two attached hydrogens (primary N) is 1. The number of imidazole rings is 1. The number of aromatic amines is 1. The number of hydrogen-bond donors (Lipinski definition) is 4. The fourth-order valence-corrected chi connectivity index (χ4v) is 2.33. The van der Waals surface area contributed by atoms with Crippen molar-refractivity contribution in [3.05, 3.63) is 47.5 Å². The molecular weight excluding hydrogens is 270 g/mol. The molecule has 5 N–H and O–H groups in total. The minimum absolute atomic E-state index is 0.162. The Kier molecular flexibility index (Phi) is 3.41. The van der Waals surface area contributed by atoms with E-state index in [0.29, 0.717) is 24.2 Å². The highest BCUT2D eigenvalue weighted by Gasteiger charge is 2.25. The van der Waals surface area contributed by atoms with Gasteiger partial charge in [0.2, 0.25) is 11.8 Å². The van der Waals surface area contributed by atoms with Crippen molar-refractivity contribution in [2.75, 3.05) is 5.32 Å². The minimum Gasteiger partial charge on any atom is -0.366 e. The predicted molar refractivity (Wildman–Crippen MR) is 76.5 cm³/mol. The molecule has 2 heterocycles. The zero-order valence-electron chi connectivity index (χ0n) is 11.2. The lowest BCUT2D eigenvalue weighted by molar-refractivity contribution is -0.118. The Bertz CT molecular complexity index is 694. The molecule has 108 valence electrons. The summed E-state index contributed by atoms with van der Waals surface area (Å²) in [7, 11) is 0. The van der Waals surface area contributed by atoms with Crippen molar-refractivity contribution in [3.63, 3.8) is 0 Å². The van der Waals surface area contributed by atoms with Gasteiger partial charge in [-0.3, -0.25) is 14.9 Å². The van der Waals surface area contributed by atoms with Crippen LogP contribution in [0.15, 0.2) is 30.6 Å². The van der Waals surface area contributed by atoms with Gasteiger partial charge in [0.1, 0.15) is 0 Å². The summed E-state index contributed by atoms with van der Waals surface area (Å²) >= 11 is 0. The van der Waals surface area contributed by atoms with Crippen LogP contribution in [-0.4, -0.2) is 27.8 Å². The third kappa shape index (κ3) is 2.77. The molecule has 2 amide bonds. The molecule has 7 nitrogen and oxygen atoms in total. The van der Waals surface area contributed by atoms with E-state index in [9.17, 15) is 9.59 Å². The van der Waals surface area contributed by atoms with Gasteiger partial charge in [0, 0.05) is 24.2 Å². The second-order valence-electron chi connectivity index (χ2n) is 4.90. The number of nitrogens with zero attached hydrogens (tertiary/aromatic N) is 1. The van der Waals surface area contributed by atoms with Gasteiger partial charge >= 0.3 is 0 Å². The highest BCUT2D eigenvalue weighted by molar-refractivity contribution is 5.98. The molecule has 1 aromatic carbocycles. The van der Waals surface area contributed by atoms with Gasteiger partial charge < -0.3 is 16.0 Å². The average Bonchev–Trinajstić information content (AvgIpc) is 2.94. The summed E-state index contributed by atoms with van der Waals surface area (Å²) in [6, 6.07) is 6.21. The molecule has 0 saturated heterocycles. The molecule has 21 heavy (non-hydrogen) atoms. The van der Waals surface area contributed by atoms with Crippen LogP contribution in [0, 0.1) is 0 Å². The predicted octanol–water partition coefficient (Wildman–Crippen LogP) is 0.162. The number of H-pyrrole nitrogens is 1. The topological polar surface area (TPSA) is 113 Å². The van der Waals surface area contributed by atoms with Crippen molar-refractivity contribution in [1.82, 2.24) is 15.3 Å². The number of aromatic nitrogens is 2. The first-order valence-corrected chi connectivity index (χ1v) is 6.59. The number of rotatable bonds is 3. The summed E-state index contributed by atoms with van der Waals surface area (Å²) in [6.07, 6.45) is 2.16. The summed E-state index contributed by atoms with van der Waals surface area (Å²) in [5.74, 6) is -0.687. The summed E-state index contributed by atoms with van der Waals surface area (Å²) < 4.78 is 0. The van der Waals surface area contributed by atoms with Gasteiger partial charge in [-0.2, -0.15) is 0 Å². The van der Waals surface area contributed by atoms with E-state index in [0.717, 1.165) is 11.4 Å². The molecule has 2 aromatic rings. The molecule has 7 heteroatoms. The highest BCUT2D eigenvalue weighted by atomic mass is 16.2. The van der Waals surface area contributed by atoms with E-state index in [2.05, 4.69) is 20.6 Å². The van der Waals surface area contributed by atoms with Crippen LogP contribution < -0.4 is 16.4 Å². The van der Waals surface area contributed by atoms with Crippen LogP contribution in [0.25, 0.3) is 0 Å². The smallest absolute Gasteiger partial charge is 0.248 e. The first-order valence-electron chi connectivity index (χ1n) is 6.59. The summed E-state index contributed by atoms with van der Waals surface area (Å²) in [4.78, 5) is 30.6. The highest BCUT2D eigenvalue weighted by Crippen LogP contribution is 2.15. The van der Waals surface area contributed by atoms with E-state index in [1.807, 2.05) is 0 Å². The number of anilines is 1. The van der Waals surface area contributed by atoms with Crippen molar-refractivity contribution in [2.45, 2.75) is 19.0 Å². The van der Waals surface area contributed by atoms with Gasteiger partial charge in [-0.25, -0.2) is 4.98 Å². The molecule has 0 aliphatic carbocycles. The average molecular weight is 285 g/mol. The van der Waals surface area contributed by atoms with Crippen molar-refractivity contribution < 1.29 is 9.59 Å². The first kappa shape index (κ1) is 13.3. The monoisotopic (exact) mass is 285 g/mol. The minimum atomic E-state index is -0.525. The Morgan fingerprint density at radius 3 is 3.05 bits per heavy atom. The van der Waals surface area contributed by atoms with Gasteiger partial charge in [0.15, 0.2) is 0 Å². The van der Waals surface area contributed by atoms with Crippen LogP contribution in [0.2, 0.25) is 0 Å². The molecule has 1 aliphatic heterocycles. The van der Waals surface area contributed by atoms with E-state index >= 15 is 0 Å². The maximum atomic E-state index is 12.3. The van der Waals surface area contributed by atoms with Crippen LogP contribution in [0.5, 0.6) is 0 Å². The van der Waals surface area contributed by atoms with Crippen LogP contribution in [0.4, 0.5) is 5.69 Å². The fraction of sp³-hybridized carbons (Fsp3) is 0.214. The summed E-state index contributed by atoms with van der Waals surface area (Å²) in [6.45, 7) is 0.578. The molecular formula is C14H15N5O2. The molecule has 0 radical (unpaired) electrons. The molecule has 3 rings (SSSR count). The van der Waals surface area contributed by atoms with E-state index in [1.54, 1.807) is 30.6 Å². The Labute approximate surface area is 120 Å². The first-order chi connectivity index (χ1) is 10.1. The van der Waals surface area contributed by atoms with E-state index in [1.165, 1.54) is 0 Å². The lowest BCUT2D eigenvalue weighted by Gasteiger charge is -2.22. The van der Waals surface area contributed by atoms with Gasteiger partial charge in [-0.1, -0.05) is 6.07 Å². The van der Waals surface area contributed by atoms with Crippen LogP contribution in [0.1, 0.15) is 21.7 Å². The van der Waals surface area contributed by atoms with Gasteiger partial charge in [-0.05, 0) is 18.2 Å². The van der Waals surface area contributed by atoms with Crippen molar-refractivity contribution >= 4 is 17.5 Å². The SMILES string of the molecule is NC(=O)c1cccc(NC(=O)C2Cc3nc[nH]c3CN2)c1. The quantitative estimate of drug-likeness (QED) is 0.643. The van der Waals surface area contributed by atoms with Gasteiger partial charge in [-0.15, -0.1) is 0 Å². The van der Waals surface area contributed by atoms with E-state index < -0.39 is 5.91 Å². The van der Waals surface area contributed by atoms with Crippen LogP contribution >= 0.6 is 0 Å². The van der Waals surface area contributed by atoms with Crippen LogP contribution in [-0.2, 0) is 17.8 Å². The number of benzene rings is 1. The number of amides is 2. The lowest BCUT2D eigenvalue weighted by Crippen LogP contribution is -2.44. The maximum Gasteiger partial charge on any atom is 0.248 e. The number of primary amides is 1. The summed E-state index contributed by atoms with van der Waals surface area (Å²) in [5.41, 5.74) is 8.04. The normalized spacial score (nSPS) is 17.0. The van der Waals surface area contributed by atoms with E-state index in [-0.39, 0.29) is 11.9 Å². The molecule has 0 spiro atoms. The second kappa shape index (κ2) is 5.37.